The highest BCUT2D eigenvalue weighted by Crippen LogP contribution is 2.23. The zero-order valence-electron chi connectivity index (χ0n) is 9.37. The molecule has 0 radical (unpaired) electrons. The smallest absolute Gasteiger partial charge is 0.342 e. The van der Waals surface area contributed by atoms with Crippen molar-refractivity contribution in [1.82, 2.24) is 0 Å². The van der Waals surface area contributed by atoms with E-state index in [-0.39, 0.29) is 19.1 Å². The summed E-state index contributed by atoms with van der Waals surface area (Å²) in [5.41, 5.74) is 4.92. The number of rotatable bonds is 3. The quantitative estimate of drug-likeness (QED) is 0.597. The van der Waals surface area contributed by atoms with Crippen LogP contribution in [0.5, 0.6) is 0 Å². The van der Waals surface area contributed by atoms with Gasteiger partial charge < -0.3 is 15.6 Å². The molecule has 3 N–H and O–H groups in total. The molecule has 1 aliphatic carbocycles. The first-order valence-corrected chi connectivity index (χ1v) is 5.49. The lowest BCUT2D eigenvalue weighted by molar-refractivity contribution is -0.162. The Morgan fingerprint density at radius 1 is 1.47 bits per heavy atom. The Bertz CT molecular complexity index is 430. The average molecular weight is 233 g/mol. The predicted molar refractivity (Wildman–Crippen MR) is 62.9 cm³/mol. The topological polar surface area (TPSA) is 72.5 Å². The number of carbonyl (C=O) groups is 1. The molecule has 2 rings (SSSR count). The van der Waals surface area contributed by atoms with Gasteiger partial charge in [0.2, 0.25) is 0 Å². The van der Waals surface area contributed by atoms with Gasteiger partial charge in [-0.25, -0.2) is 4.79 Å². The molecule has 0 heterocycles. The van der Waals surface area contributed by atoms with Gasteiger partial charge in [0.1, 0.15) is 6.61 Å². The molecule has 1 aliphatic rings. The van der Waals surface area contributed by atoms with E-state index in [1.807, 2.05) is 30.3 Å². The molecule has 2 atom stereocenters. The normalized spacial score (nSPS) is 27.1. The minimum atomic E-state index is -1.56. The number of esters is 1. The Hall–Kier alpha value is -1.65. The lowest BCUT2D eigenvalue weighted by Crippen LogP contribution is -2.38. The molecular weight excluding hydrogens is 218 g/mol. The van der Waals surface area contributed by atoms with E-state index in [1.54, 1.807) is 6.08 Å². The summed E-state index contributed by atoms with van der Waals surface area (Å²) in [5, 5.41) is 9.97. The monoisotopic (exact) mass is 233 g/mol. The van der Waals surface area contributed by atoms with Crippen molar-refractivity contribution in [3.05, 3.63) is 48.0 Å². The number of hydrogen-bond acceptors (Lipinski definition) is 4. The highest BCUT2D eigenvalue weighted by atomic mass is 16.5. The average Bonchev–Trinajstić information content (AvgIpc) is 2.69. The van der Waals surface area contributed by atoms with Crippen molar-refractivity contribution in [2.45, 2.75) is 24.7 Å². The summed E-state index contributed by atoms with van der Waals surface area (Å²) >= 11 is 0. The Morgan fingerprint density at radius 2 is 2.18 bits per heavy atom. The molecule has 17 heavy (non-hydrogen) atoms. The third-order valence-corrected chi connectivity index (χ3v) is 2.73. The fourth-order valence-corrected chi connectivity index (χ4v) is 1.78. The summed E-state index contributed by atoms with van der Waals surface area (Å²) in [6.45, 7) is 0.158. The number of benzene rings is 1. The summed E-state index contributed by atoms with van der Waals surface area (Å²) in [5.74, 6) is -0.648. The molecule has 4 nitrogen and oxygen atoms in total. The van der Waals surface area contributed by atoms with Crippen molar-refractivity contribution in [2.24, 2.45) is 5.73 Å². The second kappa shape index (κ2) is 4.69. The van der Waals surface area contributed by atoms with Crippen molar-refractivity contribution in [2.75, 3.05) is 0 Å². The first-order valence-electron chi connectivity index (χ1n) is 5.49. The van der Waals surface area contributed by atoms with Crippen LogP contribution in [0.3, 0.4) is 0 Å². The molecule has 0 aromatic heterocycles. The van der Waals surface area contributed by atoms with Gasteiger partial charge in [-0.15, -0.1) is 0 Å². The molecule has 2 unspecified atom stereocenters. The third kappa shape index (κ3) is 2.72. The van der Waals surface area contributed by atoms with Crippen molar-refractivity contribution in [3.8, 4) is 0 Å². The zero-order valence-corrected chi connectivity index (χ0v) is 9.37. The Morgan fingerprint density at radius 3 is 2.76 bits per heavy atom. The molecule has 1 aromatic carbocycles. The molecule has 0 bridgehead atoms. The summed E-state index contributed by atoms with van der Waals surface area (Å²) in [4.78, 5) is 11.7. The first-order chi connectivity index (χ1) is 8.10. The molecule has 0 aliphatic heterocycles. The molecule has 4 heteroatoms. The van der Waals surface area contributed by atoms with Crippen LogP contribution in [-0.2, 0) is 16.1 Å². The third-order valence-electron chi connectivity index (χ3n) is 2.73. The second-order valence-electron chi connectivity index (χ2n) is 4.21. The maximum Gasteiger partial charge on any atom is 0.342 e. The van der Waals surface area contributed by atoms with Crippen LogP contribution in [0.25, 0.3) is 0 Å². The van der Waals surface area contributed by atoms with Gasteiger partial charge in [0.05, 0.1) is 0 Å². The minimum absolute atomic E-state index is 0.158. The summed E-state index contributed by atoms with van der Waals surface area (Å²) in [7, 11) is 0. The maximum atomic E-state index is 11.7. The maximum absolute atomic E-state index is 11.7. The fourth-order valence-electron chi connectivity index (χ4n) is 1.78. The Kier molecular flexibility index (Phi) is 3.26. The Balaban J connectivity index is 1.92. The van der Waals surface area contributed by atoms with Gasteiger partial charge in [-0.1, -0.05) is 36.4 Å². The van der Waals surface area contributed by atoms with E-state index < -0.39 is 11.6 Å². The number of carbonyl (C=O) groups excluding carboxylic acids is 1. The van der Waals surface area contributed by atoms with E-state index in [2.05, 4.69) is 0 Å². The van der Waals surface area contributed by atoms with Gasteiger partial charge in [0, 0.05) is 12.5 Å². The van der Waals surface area contributed by atoms with Crippen LogP contribution in [0.1, 0.15) is 12.0 Å². The van der Waals surface area contributed by atoms with Gasteiger partial charge in [0.25, 0.3) is 0 Å². The van der Waals surface area contributed by atoms with Gasteiger partial charge in [-0.3, -0.25) is 0 Å². The van der Waals surface area contributed by atoms with E-state index in [0.29, 0.717) is 0 Å². The van der Waals surface area contributed by atoms with Crippen LogP contribution >= 0.6 is 0 Å². The first kappa shape index (κ1) is 11.8. The summed E-state index contributed by atoms with van der Waals surface area (Å²) < 4.78 is 5.07. The van der Waals surface area contributed by atoms with Crippen molar-refractivity contribution in [3.63, 3.8) is 0 Å². The van der Waals surface area contributed by atoms with E-state index >= 15 is 0 Å². The summed E-state index contributed by atoms with van der Waals surface area (Å²) in [6, 6.07) is 9.04. The Labute approximate surface area is 99.7 Å². The number of nitrogens with two attached hydrogens (primary N) is 1. The van der Waals surface area contributed by atoms with Crippen LogP contribution in [0.2, 0.25) is 0 Å². The fraction of sp³-hybridized carbons (Fsp3) is 0.308. The number of ether oxygens (including phenoxy) is 1. The molecule has 1 aromatic rings. The van der Waals surface area contributed by atoms with Crippen LogP contribution in [0.15, 0.2) is 42.5 Å². The van der Waals surface area contributed by atoms with Crippen LogP contribution in [0.4, 0.5) is 0 Å². The molecule has 0 saturated carbocycles. The molecule has 90 valence electrons. The zero-order chi connectivity index (χ0) is 12.3. The van der Waals surface area contributed by atoms with Gasteiger partial charge >= 0.3 is 5.97 Å². The minimum Gasteiger partial charge on any atom is -0.458 e. The number of aliphatic hydroxyl groups is 1. The highest BCUT2D eigenvalue weighted by molar-refractivity contribution is 5.82. The predicted octanol–water partition coefficient (Wildman–Crippen LogP) is 0.748. The van der Waals surface area contributed by atoms with E-state index in [1.165, 1.54) is 6.08 Å². The molecule has 0 saturated heterocycles. The van der Waals surface area contributed by atoms with Gasteiger partial charge in [-0.2, -0.15) is 0 Å². The van der Waals surface area contributed by atoms with Crippen LogP contribution in [0, 0.1) is 0 Å². The van der Waals surface area contributed by atoms with E-state index in [4.69, 9.17) is 10.5 Å². The van der Waals surface area contributed by atoms with Gasteiger partial charge in [-0.05, 0) is 11.6 Å². The highest BCUT2D eigenvalue weighted by Gasteiger charge is 2.39. The second-order valence-corrected chi connectivity index (χ2v) is 4.21. The number of hydrogen-bond donors (Lipinski definition) is 2. The standard InChI is InChI=1S/C13H15NO3/c14-11-6-7-13(16,8-11)12(15)17-9-10-4-2-1-3-5-10/h1-7,11,16H,8-9,14H2. The lowest BCUT2D eigenvalue weighted by Gasteiger charge is -2.19. The van der Waals surface area contributed by atoms with Crippen molar-refractivity contribution >= 4 is 5.97 Å². The van der Waals surface area contributed by atoms with Gasteiger partial charge in [0.15, 0.2) is 5.60 Å². The molecular formula is C13H15NO3. The van der Waals surface area contributed by atoms with Crippen molar-refractivity contribution < 1.29 is 14.6 Å². The lowest BCUT2D eigenvalue weighted by atomic mass is 10.0. The van der Waals surface area contributed by atoms with E-state index in [0.717, 1.165) is 5.56 Å². The van der Waals surface area contributed by atoms with Crippen LogP contribution < -0.4 is 5.73 Å². The molecule has 0 spiro atoms. The largest absolute Gasteiger partial charge is 0.458 e. The summed E-state index contributed by atoms with van der Waals surface area (Å²) in [6.07, 6.45) is 3.20. The van der Waals surface area contributed by atoms with Crippen molar-refractivity contribution in [1.29, 1.82) is 0 Å². The van der Waals surface area contributed by atoms with Crippen LogP contribution in [-0.4, -0.2) is 22.7 Å². The van der Waals surface area contributed by atoms with E-state index in [9.17, 15) is 9.90 Å². The molecule has 0 amide bonds. The SMILES string of the molecule is NC1C=CC(O)(C(=O)OCc2ccccc2)C1. The molecule has 0 fully saturated rings.